The monoisotopic (exact) mass is 412 g/mol. The molecule has 142 valence electrons. The lowest BCUT2D eigenvalue weighted by Gasteiger charge is -2.15. The minimum absolute atomic E-state index is 0.149. The van der Waals surface area contributed by atoms with Gasteiger partial charge in [0.25, 0.3) is 5.56 Å². The summed E-state index contributed by atoms with van der Waals surface area (Å²) in [5.74, 6) is 1.05. The Morgan fingerprint density at radius 1 is 1.14 bits per heavy atom. The highest BCUT2D eigenvalue weighted by Crippen LogP contribution is 2.34. The summed E-state index contributed by atoms with van der Waals surface area (Å²) >= 11 is 7.50. The first-order chi connectivity index (χ1) is 13.4. The third-order valence-electron chi connectivity index (χ3n) is 4.23. The zero-order valence-corrected chi connectivity index (χ0v) is 17.1. The first-order valence-corrected chi connectivity index (χ1v) is 9.94. The van der Waals surface area contributed by atoms with Crippen molar-refractivity contribution in [2.24, 2.45) is 0 Å². The van der Waals surface area contributed by atoms with E-state index >= 15 is 0 Å². The Morgan fingerprint density at radius 3 is 2.68 bits per heavy atom. The Kier molecular flexibility index (Phi) is 4.95. The number of benzene rings is 2. The number of aromatic nitrogens is 4. The normalized spacial score (nSPS) is 12.4. The second-order valence-corrected chi connectivity index (χ2v) is 8.22. The number of nitrogens with zero attached hydrogens (tertiary/aromatic N) is 4. The third kappa shape index (κ3) is 3.55. The molecular weight excluding hydrogens is 396 g/mol. The van der Waals surface area contributed by atoms with Gasteiger partial charge in [-0.3, -0.25) is 9.36 Å². The second-order valence-electron chi connectivity index (χ2n) is 6.48. The smallest absolute Gasteiger partial charge is 0.266 e. The van der Waals surface area contributed by atoms with Crippen molar-refractivity contribution < 1.29 is 4.52 Å². The highest BCUT2D eigenvalue weighted by Gasteiger charge is 2.20. The summed E-state index contributed by atoms with van der Waals surface area (Å²) < 4.78 is 6.90. The van der Waals surface area contributed by atoms with Crippen LogP contribution in [0.1, 0.15) is 29.5 Å². The number of halogens is 1. The molecule has 2 aromatic heterocycles. The first-order valence-electron chi connectivity index (χ1n) is 8.68. The maximum absolute atomic E-state index is 13.3. The van der Waals surface area contributed by atoms with Gasteiger partial charge in [0.05, 0.1) is 21.8 Å². The molecule has 0 fully saturated rings. The highest BCUT2D eigenvalue weighted by molar-refractivity contribution is 7.99. The summed E-state index contributed by atoms with van der Waals surface area (Å²) in [6.07, 6.45) is 0. The number of rotatable bonds is 4. The van der Waals surface area contributed by atoms with Crippen molar-refractivity contribution in [3.8, 4) is 5.69 Å². The van der Waals surface area contributed by atoms with Gasteiger partial charge in [0.2, 0.25) is 5.89 Å². The minimum Gasteiger partial charge on any atom is -0.338 e. The lowest BCUT2D eigenvalue weighted by atomic mass is 10.2. The summed E-state index contributed by atoms with van der Waals surface area (Å²) in [6, 6.07) is 12.9. The van der Waals surface area contributed by atoms with Gasteiger partial charge in [0.15, 0.2) is 11.0 Å². The Balaban J connectivity index is 1.91. The number of thioether (sulfide) groups is 1. The fourth-order valence-electron chi connectivity index (χ4n) is 2.90. The van der Waals surface area contributed by atoms with E-state index in [2.05, 4.69) is 10.1 Å². The van der Waals surface area contributed by atoms with Crippen molar-refractivity contribution in [3.05, 3.63) is 75.1 Å². The van der Waals surface area contributed by atoms with Crippen LogP contribution in [0.3, 0.4) is 0 Å². The van der Waals surface area contributed by atoms with E-state index in [1.165, 1.54) is 11.8 Å². The van der Waals surface area contributed by atoms with Gasteiger partial charge < -0.3 is 4.52 Å². The molecule has 0 aliphatic rings. The molecule has 0 bridgehead atoms. The van der Waals surface area contributed by atoms with Crippen LogP contribution in [0.2, 0.25) is 5.02 Å². The van der Waals surface area contributed by atoms with E-state index < -0.39 is 0 Å². The molecule has 2 aromatic carbocycles. The molecule has 0 saturated carbocycles. The van der Waals surface area contributed by atoms with Gasteiger partial charge in [0, 0.05) is 5.02 Å². The van der Waals surface area contributed by atoms with E-state index in [0.29, 0.717) is 32.8 Å². The van der Waals surface area contributed by atoms with E-state index in [0.717, 1.165) is 11.3 Å². The Morgan fingerprint density at radius 2 is 1.96 bits per heavy atom. The maximum atomic E-state index is 13.3. The molecule has 0 saturated heterocycles. The van der Waals surface area contributed by atoms with Crippen LogP contribution in [0.4, 0.5) is 0 Å². The van der Waals surface area contributed by atoms with Gasteiger partial charge in [-0.1, -0.05) is 40.7 Å². The van der Waals surface area contributed by atoms with Crippen molar-refractivity contribution in [2.75, 3.05) is 0 Å². The van der Waals surface area contributed by atoms with Crippen LogP contribution in [-0.2, 0) is 0 Å². The fraction of sp³-hybridized carbons (Fsp3) is 0.200. The topological polar surface area (TPSA) is 73.8 Å². The summed E-state index contributed by atoms with van der Waals surface area (Å²) in [4.78, 5) is 22.3. The third-order valence-corrected chi connectivity index (χ3v) is 5.51. The van der Waals surface area contributed by atoms with Crippen LogP contribution in [0, 0.1) is 13.8 Å². The fourth-order valence-corrected chi connectivity index (χ4v) is 4.02. The van der Waals surface area contributed by atoms with Crippen LogP contribution >= 0.6 is 23.4 Å². The molecule has 0 radical (unpaired) electrons. The van der Waals surface area contributed by atoms with Crippen molar-refractivity contribution in [1.82, 2.24) is 19.7 Å². The lowest BCUT2D eigenvalue weighted by Crippen LogP contribution is -2.22. The summed E-state index contributed by atoms with van der Waals surface area (Å²) in [7, 11) is 0. The standard InChI is InChI=1S/C20H17ClN4O2S/c1-11-5-4-6-15(9-11)25-19(26)16-8-7-14(21)10-17(16)23-20(25)28-12(2)18-22-13(3)24-27-18/h4-10,12H,1-3H3/t12-/m0/s1. The van der Waals surface area contributed by atoms with Gasteiger partial charge in [0.1, 0.15) is 0 Å². The maximum Gasteiger partial charge on any atom is 0.266 e. The molecule has 4 rings (SSSR count). The Bertz CT molecular complexity index is 1230. The van der Waals surface area contributed by atoms with Crippen LogP contribution in [-0.4, -0.2) is 19.7 Å². The van der Waals surface area contributed by atoms with Crippen LogP contribution in [0.15, 0.2) is 56.9 Å². The second kappa shape index (κ2) is 7.41. The van der Waals surface area contributed by atoms with Crippen LogP contribution in [0.25, 0.3) is 16.6 Å². The number of hydrogen-bond donors (Lipinski definition) is 0. The zero-order valence-electron chi connectivity index (χ0n) is 15.5. The van der Waals surface area contributed by atoms with Crippen molar-refractivity contribution in [3.63, 3.8) is 0 Å². The molecule has 1 atom stereocenters. The SMILES string of the molecule is Cc1cccc(-n2c(S[C@@H](C)c3nc(C)no3)nc3cc(Cl)ccc3c2=O)c1. The lowest BCUT2D eigenvalue weighted by molar-refractivity contribution is 0.376. The first kappa shape index (κ1) is 18.7. The minimum atomic E-state index is -0.180. The van der Waals surface area contributed by atoms with Crippen LogP contribution in [0.5, 0.6) is 0 Å². The molecule has 6 nitrogen and oxygen atoms in total. The van der Waals surface area contributed by atoms with Gasteiger partial charge in [-0.15, -0.1) is 0 Å². The quantitative estimate of drug-likeness (QED) is 0.351. The molecule has 0 amide bonds. The van der Waals surface area contributed by atoms with E-state index in [1.807, 2.05) is 38.1 Å². The van der Waals surface area contributed by atoms with E-state index in [1.54, 1.807) is 29.7 Å². The molecule has 4 aromatic rings. The Labute approximate surface area is 170 Å². The summed E-state index contributed by atoms with van der Waals surface area (Å²) in [5, 5.41) is 5.24. The molecule has 0 N–H and O–H groups in total. The molecular formula is C20H17ClN4O2S. The van der Waals surface area contributed by atoms with E-state index in [9.17, 15) is 4.79 Å². The number of aryl methyl sites for hydroxylation is 2. The van der Waals surface area contributed by atoms with Crippen molar-refractivity contribution in [1.29, 1.82) is 0 Å². The number of hydrogen-bond acceptors (Lipinski definition) is 6. The largest absolute Gasteiger partial charge is 0.338 e. The molecule has 0 unspecified atom stereocenters. The van der Waals surface area contributed by atoms with E-state index in [-0.39, 0.29) is 10.8 Å². The van der Waals surface area contributed by atoms with Crippen molar-refractivity contribution >= 4 is 34.3 Å². The van der Waals surface area contributed by atoms with E-state index in [4.69, 9.17) is 21.1 Å². The predicted octanol–water partition coefficient (Wildman–Crippen LogP) is 4.89. The molecule has 0 spiro atoms. The van der Waals surface area contributed by atoms with Crippen LogP contribution < -0.4 is 5.56 Å². The van der Waals surface area contributed by atoms with Gasteiger partial charge in [-0.2, -0.15) is 4.98 Å². The molecule has 0 aliphatic carbocycles. The predicted molar refractivity (Wildman–Crippen MR) is 110 cm³/mol. The molecule has 2 heterocycles. The van der Waals surface area contributed by atoms with Gasteiger partial charge in [-0.25, -0.2) is 4.98 Å². The zero-order chi connectivity index (χ0) is 19.8. The van der Waals surface area contributed by atoms with Gasteiger partial charge in [-0.05, 0) is 56.7 Å². The van der Waals surface area contributed by atoms with Gasteiger partial charge >= 0.3 is 0 Å². The number of fused-ring (bicyclic) bond motifs is 1. The molecule has 0 aliphatic heterocycles. The van der Waals surface area contributed by atoms with Crippen molar-refractivity contribution in [2.45, 2.75) is 31.2 Å². The average Bonchev–Trinajstić information content (AvgIpc) is 3.08. The molecule has 28 heavy (non-hydrogen) atoms. The molecule has 8 heteroatoms. The average molecular weight is 413 g/mol. The highest BCUT2D eigenvalue weighted by atomic mass is 35.5. The summed E-state index contributed by atoms with van der Waals surface area (Å²) in [6.45, 7) is 5.69. The Hall–Kier alpha value is -2.64. The summed E-state index contributed by atoms with van der Waals surface area (Å²) in [5.41, 5.74) is 2.21.